The topological polar surface area (TPSA) is 55.1 Å². The van der Waals surface area contributed by atoms with Gasteiger partial charge in [0.25, 0.3) is 0 Å². The van der Waals surface area contributed by atoms with Crippen molar-refractivity contribution in [1.82, 2.24) is 5.32 Å². The van der Waals surface area contributed by atoms with Gasteiger partial charge < -0.3 is 11.1 Å². The Hall–Kier alpha value is -1.35. The minimum Gasteiger partial charge on any atom is -0.366 e. The summed E-state index contributed by atoms with van der Waals surface area (Å²) < 4.78 is 0. The van der Waals surface area contributed by atoms with Gasteiger partial charge in [0, 0.05) is 18.2 Å². The van der Waals surface area contributed by atoms with Crippen LogP contribution in [0.15, 0.2) is 18.2 Å². The van der Waals surface area contributed by atoms with Crippen LogP contribution in [0.1, 0.15) is 48.7 Å². The minimum absolute atomic E-state index is 0.369. The normalized spacial score (nSPS) is 12.7. The predicted molar refractivity (Wildman–Crippen MR) is 75.5 cm³/mol. The summed E-state index contributed by atoms with van der Waals surface area (Å²) in [7, 11) is 0. The Kier molecular flexibility index (Phi) is 5.35. The number of nitrogens with one attached hydrogen (secondary N) is 1. The molecule has 0 aliphatic heterocycles. The molecule has 3 nitrogen and oxygen atoms in total. The van der Waals surface area contributed by atoms with E-state index in [9.17, 15) is 4.79 Å². The maximum Gasteiger partial charge on any atom is 0.248 e. The first-order chi connectivity index (χ1) is 8.45. The van der Waals surface area contributed by atoms with Crippen LogP contribution in [-0.2, 0) is 6.54 Å². The summed E-state index contributed by atoms with van der Waals surface area (Å²) >= 11 is 0. The third-order valence-corrected chi connectivity index (χ3v) is 3.43. The molecule has 0 aliphatic rings. The van der Waals surface area contributed by atoms with Crippen LogP contribution in [-0.4, -0.2) is 11.9 Å². The van der Waals surface area contributed by atoms with Crippen molar-refractivity contribution < 1.29 is 4.79 Å². The highest BCUT2D eigenvalue weighted by atomic mass is 16.1. The number of rotatable bonds is 6. The minimum atomic E-state index is -0.369. The smallest absolute Gasteiger partial charge is 0.248 e. The molecule has 0 saturated carbocycles. The number of carbonyl (C=O) groups excluding carboxylic acids is 1. The number of carbonyl (C=O) groups is 1. The number of primary amides is 1. The molecule has 1 unspecified atom stereocenters. The Morgan fingerprint density at radius 1 is 1.39 bits per heavy atom. The van der Waals surface area contributed by atoms with Gasteiger partial charge in [0.1, 0.15) is 0 Å². The lowest BCUT2D eigenvalue weighted by atomic mass is 10.00. The number of aryl methyl sites for hydroxylation is 1. The van der Waals surface area contributed by atoms with Crippen molar-refractivity contribution in [3.05, 3.63) is 34.9 Å². The SMILES string of the molecule is CCC(NCc1ccc(C(N)=O)cc1C)C(C)C. The quantitative estimate of drug-likeness (QED) is 0.813. The second kappa shape index (κ2) is 6.55. The zero-order valence-electron chi connectivity index (χ0n) is 11.8. The van der Waals surface area contributed by atoms with Crippen LogP contribution < -0.4 is 11.1 Å². The van der Waals surface area contributed by atoms with E-state index in [2.05, 4.69) is 26.1 Å². The van der Waals surface area contributed by atoms with Crippen LogP contribution in [0.4, 0.5) is 0 Å². The molecule has 100 valence electrons. The fourth-order valence-electron chi connectivity index (χ4n) is 2.14. The zero-order valence-corrected chi connectivity index (χ0v) is 11.8. The third-order valence-electron chi connectivity index (χ3n) is 3.43. The van der Waals surface area contributed by atoms with E-state index in [1.807, 2.05) is 19.1 Å². The van der Waals surface area contributed by atoms with Crippen molar-refractivity contribution in [3.8, 4) is 0 Å². The first-order valence-corrected chi connectivity index (χ1v) is 6.58. The summed E-state index contributed by atoms with van der Waals surface area (Å²) in [5.74, 6) is 0.256. The van der Waals surface area contributed by atoms with Gasteiger partial charge in [0.2, 0.25) is 5.91 Å². The second-order valence-corrected chi connectivity index (χ2v) is 5.15. The van der Waals surface area contributed by atoms with Gasteiger partial charge in [-0.25, -0.2) is 0 Å². The number of benzene rings is 1. The monoisotopic (exact) mass is 248 g/mol. The Morgan fingerprint density at radius 3 is 2.50 bits per heavy atom. The van der Waals surface area contributed by atoms with Gasteiger partial charge in [-0.2, -0.15) is 0 Å². The number of amides is 1. The van der Waals surface area contributed by atoms with Gasteiger partial charge >= 0.3 is 0 Å². The van der Waals surface area contributed by atoms with Gasteiger partial charge in [-0.05, 0) is 42.5 Å². The molecule has 1 aromatic carbocycles. The van der Waals surface area contributed by atoms with E-state index in [-0.39, 0.29) is 5.91 Å². The van der Waals surface area contributed by atoms with Crippen LogP contribution >= 0.6 is 0 Å². The average Bonchev–Trinajstić information content (AvgIpc) is 2.30. The van der Waals surface area contributed by atoms with E-state index in [1.165, 1.54) is 5.56 Å². The van der Waals surface area contributed by atoms with E-state index in [0.29, 0.717) is 17.5 Å². The van der Waals surface area contributed by atoms with Gasteiger partial charge in [0.05, 0.1) is 0 Å². The summed E-state index contributed by atoms with van der Waals surface area (Å²) in [5.41, 5.74) is 8.17. The van der Waals surface area contributed by atoms with E-state index in [0.717, 1.165) is 18.5 Å². The summed E-state index contributed by atoms with van der Waals surface area (Å²) in [6.07, 6.45) is 1.12. The van der Waals surface area contributed by atoms with Gasteiger partial charge in [-0.1, -0.05) is 26.8 Å². The van der Waals surface area contributed by atoms with Gasteiger partial charge in [-0.3, -0.25) is 4.79 Å². The molecule has 1 amide bonds. The Bertz CT molecular complexity index is 413. The second-order valence-electron chi connectivity index (χ2n) is 5.15. The number of nitrogens with two attached hydrogens (primary N) is 1. The maximum absolute atomic E-state index is 11.1. The molecule has 0 heterocycles. The van der Waals surface area contributed by atoms with Gasteiger partial charge in [-0.15, -0.1) is 0 Å². The molecule has 0 bridgehead atoms. The van der Waals surface area contributed by atoms with Crippen molar-refractivity contribution in [2.75, 3.05) is 0 Å². The summed E-state index contributed by atoms with van der Waals surface area (Å²) in [5, 5.41) is 3.56. The van der Waals surface area contributed by atoms with Crippen LogP contribution in [0.3, 0.4) is 0 Å². The molecule has 1 rings (SSSR count). The lowest BCUT2D eigenvalue weighted by Gasteiger charge is -2.21. The average molecular weight is 248 g/mol. The molecule has 3 heteroatoms. The summed E-state index contributed by atoms with van der Waals surface area (Å²) in [6.45, 7) is 9.50. The van der Waals surface area contributed by atoms with E-state index in [1.54, 1.807) is 6.07 Å². The highest BCUT2D eigenvalue weighted by molar-refractivity contribution is 5.93. The fourth-order valence-corrected chi connectivity index (χ4v) is 2.14. The molecule has 18 heavy (non-hydrogen) atoms. The van der Waals surface area contributed by atoms with Crippen molar-refractivity contribution in [2.24, 2.45) is 11.7 Å². The van der Waals surface area contributed by atoms with E-state index >= 15 is 0 Å². The van der Waals surface area contributed by atoms with Crippen LogP contribution in [0, 0.1) is 12.8 Å². The highest BCUT2D eigenvalue weighted by Gasteiger charge is 2.11. The Labute approximate surface area is 110 Å². The molecule has 0 fully saturated rings. The molecule has 0 aliphatic carbocycles. The van der Waals surface area contributed by atoms with E-state index in [4.69, 9.17) is 5.73 Å². The van der Waals surface area contributed by atoms with Gasteiger partial charge in [0.15, 0.2) is 0 Å². The molecule has 0 spiro atoms. The number of hydrogen-bond acceptors (Lipinski definition) is 2. The molecule has 3 N–H and O–H groups in total. The first-order valence-electron chi connectivity index (χ1n) is 6.58. The molecule has 1 atom stereocenters. The molecular formula is C15H24N2O. The molecular weight excluding hydrogens is 224 g/mol. The lowest BCUT2D eigenvalue weighted by molar-refractivity contribution is 0.1000. The summed E-state index contributed by atoms with van der Waals surface area (Å²) in [4.78, 5) is 11.1. The molecule has 1 aromatic rings. The molecule has 0 aromatic heterocycles. The maximum atomic E-state index is 11.1. The molecule has 0 saturated heterocycles. The lowest BCUT2D eigenvalue weighted by Crippen LogP contribution is -2.32. The third kappa shape index (κ3) is 3.84. The van der Waals surface area contributed by atoms with Crippen molar-refractivity contribution in [3.63, 3.8) is 0 Å². The standard InChI is InChI=1S/C15H24N2O/c1-5-14(10(2)3)17-9-13-7-6-12(15(16)18)8-11(13)4/h6-8,10,14,17H,5,9H2,1-4H3,(H2,16,18). The highest BCUT2D eigenvalue weighted by Crippen LogP contribution is 2.13. The Balaban J connectivity index is 2.71. The summed E-state index contributed by atoms with van der Waals surface area (Å²) in [6, 6.07) is 6.16. The fraction of sp³-hybridized carbons (Fsp3) is 0.533. The number of hydrogen-bond donors (Lipinski definition) is 2. The van der Waals surface area contributed by atoms with Crippen molar-refractivity contribution in [1.29, 1.82) is 0 Å². The Morgan fingerprint density at radius 2 is 2.06 bits per heavy atom. The predicted octanol–water partition coefficient (Wildman–Crippen LogP) is 2.62. The van der Waals surface area contributed by atoms with Crippen molar-refractivity contribution >= 4 is 5.91 Å². The first kappa shape index (κ1) is 14.7. The van der Waals surface area contributed by atoms with Crippen LogP contribution in [0.2, 0.25) is 0 Å². The largest absolute Gasteiger partial charge is 0.366 e. The molecule has 0 radical (unpaired) electrons. The van der Waals surface area contributed by atoms with Crippen LogP contribution in [0.5, 0.6) is 0 Å². The van der Waals surface area contributed by atoms with Crippen molar-refractivity contribution in [2.45, 2.75) is 46.7 Å². The van der Waals surface area contributed by atoms with E-state index < -0.39 is 0 Å². The van der Waals surface area contributed by atoms with Crippen LogP contribution in [0.25, 0.3) is 0 Å². The zero-order chi connectivity index (χ0) is 13.7.